The summed E-state index contributed by atoms with van der Waals surface area (Å²) >= 11 is 0. The Morgan fingerprint density at radius 2 is 2.07 bits per heavy atom. The predicted octanol–water partition coefficient (Wildman–Crippen LogP) is 3.12. The summed E-state index contributed by atoms with van der Waals surface area (Å²) in [7, 11) is 0. The van der Waals surface area contributed by atoms with E-state index in [1.807, 2.05) is 24.5 Å². The SMILES string of the molecule is CC(C)c1ncc(CN2CCCC(c3cc(=O)[nH]c(-c4cccnc4)n3)C2)cn1. The molecule has 1 fully saturated rings. The number of aromatic nitrogens is 5. The summed E-state index contributed by atoms with van der Waals surface area (Å²) in [6.45, 7) is 6.90. The van der Waals surface area contributed by atoms with Gasteiger partial charge in [0.15, 0.2) is 0 Å². The summed E-state index contributed by atoms with van der Waals surface area (Å²) in [6.07, 6.45) is 9.39. The van der Waals surface area contributed by atoms with E-state index in [0.29, 0.717) is 11.7 Å². The van der Waals surface area contributed by atoms with Crippen molar-refractivity contribution in [1.29, 1.82) is 0 Å². The highest BCUT2D eigenvalue weighted by molar-refractivity contribution is 5.52. The Morgan fingerprint density at radius 3 is 2.79 bits per heavy atom. The molecule has 0 radical (unpaired) electrons. The second-order valence-electron chi connectivity index (χ2n) is 7.94. The largest absolute Gasteiger partial charge is 0.306 e. The smallest absolute Gasteiger partial charge is 0.251 e. The van der Waals surface area contributed by atoms with Crippen LogP contribution in [0.4, 0.5) is 0 Å². The van der Waals surface area contributed by atoms with Crippen LogP contribution in [0.25, 0.3) is 11.4 Å². The van der Waals surface area contributed by atoms with Crippen LogP contribution in [0.2, 0.25) is 0 Å². The molecule has 0 amide bonds. The van der Waals surface area contributed by atoms with Crippen molar-refractivity contribution >= 4 is 0 Å². The van der Waals surface area contributed by atoms with E-state index in [4.69, 9.17) is 4.98 Å². The molecule has 29 heavy (non-hydrogen) atoms. The van der Waals surface area contributed by atoms with E-state index < -0.39 is 0 Å². The molecule has 150 valence electrons. The Kier molecular flexibility index (Phi) is 5.76. The van der Waals surface area contributed by atoms with Gasteiger partial charge < -0.3 is 4.98 Å². The van der Waals surface area contributed by atoms with Crippen LogP contribution < -0.4 is 5.56 Å². The first-order valence-electron chi connectivity index (χ1n) is 10.1. The summed E-state index contributed by atoms with van der Waals surface area (Å²) in [5, 5.41) is 0. The van der Waals surface area contributed by atoms with Gasteiger partial charge in [-0.3, -0.25) is 14.7 Å². The standard InChI is InChI=1S/C22H26N6O/c1-15(2)21-24-10-16(11-25-21)13-28-8-4-6-18(14-28)19-9-20(29)27-22(26-19)17-5-3-7-23-12-17/h3,5,7,9-12,15,18H,4,6,8,13-14H2,1-2H3,(H,26,27,29). The number of nitrogens with one attached hydrogen (secondary N) is 1. The minimum Gasteiger partial charge on any atom is -0.306 e. The Labute approximate surface area is 170 Å². The number of aromatic amines is 1. The average molecular weight is 390 g/mol. The normalized spacial score (nSPS) is 17.6. The number of rotatable bonds is 5. The molecule has 1 aliphatic rings. The van der Waals surface area contributed by atoms with Crippen molar-refractivity contribution in [2.75, 3.05) is 13.1 Å². The first-order valence-corrected chi connectivity index (χ1v) is 10.1. The van der Waals surface area contributed by atoms with Crippen LogP contribution in [-0.4, -0.2) is 42.9 Å². The van der Waals surface area contributed by atoms with Gasteiger partial charge in [0, 0.05) is 66.9 Å². The fourth-order valence-electron chi connectivity index (χ4n) is 3.77. The minimum atomic E-state index is -0.122. The lowest BCUT2D eigenvalue weighted by atomic mass is 9.94. The molecule has 3 aromatic heterocycles. The van der Waals surface area contributed by atoms with Gasteiger partial charge in [-0.25, -0.2) is 15.0 Å². The molecular formula is C22H26N6O. The predicted molar refractivity (Wildman–Crippen MR) is 111 cm³/mol. The maximum Gasteiger partial charge on any atom is 0.251 e. The Bertz CT molecular complexity index is 1000. The number of hydrogen-bond acceptors (Lipinski definition) is 6. The van der Waals surface area contributed by atoms with Gasteiger partial charge in [0.25, 0.3) is 5.56 Å². The lowest BCUT2D eigenvalue weighted by molar-refractivity contribution is 0.198. The molecule has 3 aromatic rings. The van der Waals surface area contributed by atoms with Crippen LogP contribution in [-0.2, 0) is 6.54 Å². The van der Waals surface area contributed by atoms with Gasteiger partial charge in [-0.15, -0.1) is 0 Å². The molecule has 0 bridgehead atoms. The molecule has 4 rings (SSSR count). The summed E-state index contributed by atoms with van der Waals surface area (Å²) < 4.78 is 0. The van der Waals surface area contributed by atoms with Crippen LogP contribution in [0.15, 0.2) is 47.8 Å². The number of nitrogens with zero attached hydrogens (tertiary/aromatic N) is 5. The molecule has 1 N–H and O–H groups in total. The highest BCUT2D eigenvalue weighted by Gasteiger charge is 2.23. The van der Waals surface area contributed by atoms with Crippen LogP contribution in [0, 0.1) is 0 Å². The lowest BCUT2D eigenvalue weighted by Crippen LogP contribution is -2.34. The second-order valence-corrected chi connectivity index (χ2v) is 7.94. The van der Waals surface area contributed by atoms with Crippen molar-refractivity contribution in [3.05, 3.63) is 70.4 Å². The van der Waals surface area contributed by atoms with Gasteiger partial charge in [0.05, 0.1) is 5.69 Å². The van der Waals surface area contributed by atoms with E-state index in [0.717, 1.165) is 55.1 Å². The fourth-order valence-corrected chi connectivity index (χ4v) is 3.77. The summed E-state index contributed by atoms with van der Waals surface area (Å²) in [5.41, 5.74) is 2.67. The van der Waals surface area contributed by atoms with Gasteiger partial charge in [-0.2, -0.15) is 0 Å². The van der Waals surface area contributed by atoms with E-state index in [-0.39, 0.29) is 11.5 Å². The summed E-state index contributed by atoms with van der Waals surface area (Å²) in [4.78, 5) is 35.3. The van der Waals surface area contributed by atoms with Crippen LogP contribution in [0.3, 0.4) is 0 Å². The van der Waals surface area contributed by atoms with E-state index in [2.05, 4.69) is 38.7 Å². The second kappa shape index (κ2) is 8.61. The molecule has 1 aliphatic heterocycles. The highest BCUT2D eigenvalue weighted by atomic mass is 16.1. The zero-order valence-corrected chi connectivity index (χ0v) is 16.9. The number of H-pyrrole nitrogens is 1. The third-order valence-corrected chi connectivity index (χ3v) is 5.27. The molecule has 7 heteroatoms. The van der Waals surface area contributed by atoms with Crippen LogP contribution in [0.5, 0.6) is 0 Å². The molecule has 0 spiro atoms. The molecule has 1 saturated heterocycles. The van der Waals surface area contributed by atoms with Crippen LogP contribution >= 0.6 is 0 Å². The van der Waals surface area contributed by atoms with Gasteiger partial charge >= 0.3 is 0 Å². The molecule has 7 nitrogen and oxygen atoms in total. The molecule has 1 atom stereocenters. The van der Waals surface area contributed by atoms with Crippen molar-refractivity contribution in [1.82, 2.24) is 29.8 Å². The van der Waals surface area contributed by atoms with Crippen molar-refractivity contribution < 1.29 is 0 Å². The number of pyridine rings is 1. The third kappa shape index (κ3) is 4.74. The van der Waals surface area contributed by atoms with Crippen molar-refractivity contribution in [3.8, 4) is 11.4 Å². The monoisotopic (exact) mass is 390 g/mol. The highest BCUT2D eigenvalue weighted by Crippen LogP contribution is 2.27. The number of hydrogen-bond donors (Lipinski definition) is 1. The van der Waals surface area contributed by atoms with E-state index in [1.54, 1.807) is 18.5 Å². The van der Waals surface area contributed by atoms with Crippen molar-refractivity contribution in [3.63, 3.8) is 0 Å². The van der Waals surface area contributed by atoms with Gasteiger partial charge in [0.1, 0.15) is 11.6 Å². The number of piperidine rings is 1. The topological polar surface area (TPSA) is 87.7 Å². The Morgan fingerprint density at radius 1 is 1.24 bits per heavy atom. The maximum atomic E-state index is 12.2. The van der Waals surface area contributed by atoms with Gasteiger partial charge in [0.2, 0.25) is 0 Å². The molecule has 0 aromatic carbocycles. The number of likely N-dealkylation sites (tertiary alicyclic amines) is 1. The van der Waals surface area contributed by atoms with Gasteiger partial charge in [-0.05, 0) is 31.5 Å². The fraction of sp³-hybridized carbons (Fsp3) is 0.409. The molecule has 0 saturated carbocycles. The average Bonchev–Trinajstić information content (AvgIpc) is 2.74. The Hall–Kier alpha value is -2.93. The zero-order valence-electron chi connectivity index (χ0n) is 16.9. The quantitative estimate of drug-likeness (QED) is 0.720. The lowest BCUT2D eigenvalue weighted by Gasteiger charge is -2.32. The van der Waals surface area contributed by atoms with Crippen LogP contribution in [0.1, 0.15) is 55.6 Å². The first kappa shape index (κ1) is 19.4. The molecular weight excluding hydrogens is 364 g/mol. The third-order valence-electron chi connectivity index (χ3n) is 5.27. The maximum absolute atomic E-state index is 12.2. The van der Waals surface area contributed by atoms with Crippen molar-refractivity contribution in [2.24, 2.45) is 0 Å². The van der Waals surface area contributed by atoms with E-state index in [9.17, 15) is 4.79 Å². The Balaban J connectivity index is 1.50. The first-order chi connectivity index (χ1) is 14.1. The van der Waals surface area contributed by atoms with Crippen molar-refractivity contribution in [2.45, 2.75) is 45.1 Å². The molecule has 0 aliphatic carbocycles. The molecule has 4 heterocycles. The summed E-state index contributed by atoms with van der Waals surface area (Å²) in [5.74, 6) is 2.02. The van der Waals surface area contributed by atoms with Gasteiger partial charge in [-0.1, -0.05) is 13.8 Å². The van der Waals surface area contributed by atoms with E-state index in [1.165, 1.54) is 0 Å². The zero-order chi connectivity index (χ0) is 20.2. The van der Waals surface area contributed by atoms with E-state index >= 15 is 0 Å². The minimum absolute atomic E-state index is 0.122. The molecule has 1 unspecified atom stereocenters. The summed E-state index contributed by atoms with van der Waals surface area (Å²) in [6, 6.07) is 5.38.